The molecule has 1 aromatic rings. The van der Waals surface area contributed by atoms with Gasteiger partial charge in [0.1, 0.15) is 12.4 Å². The van der Waals surface area contributed by atoms with Gasteiger partial charge in [0.15, 0.2) is 0 Å². The molecular formula is C14H16FNO3. The SMILES string of the molecule is CCOCC(=O)Nc1ccc(F)c(C#CCCO)c1. The van der Waals surface area contributed by atoms with Gasteiger partial charge in [0, 0.05) is 18.7 Å². The van der Waals surface area contributed by atoms with Crippen LogP contribution in [0.25, 0.3) is 0 Å². The highest BCUT2D eigenvalue weighted by Gasteiger charge is 2.05. The zero-order chi connectivity index (χ0) is 14.1. The van der Waals surface area contributed by atoms with Gasteiger partial charge in [-0.2, -0.15) is 0 Å². The van der Waals surface area contributed by atoms with Crippen molar-refractivity contribution in [2.24, 2.45) is 0 Å². The van der Waals surface area contributed by atoms with Crippen molar-refractivity contribution in [3.63, 3.8) is 0 Å². The van der Waals surface area contributed by atoms with Crippen molar-refractivity contribution in [1.82, 2.24) is 0 Å². The minimum absolute atomic E-state index is 0.0423. The second-order valence-electron chi connectivity index (χ2n) is 3.66. The van der Waals surface area contributed by atoms with Crippen LogP contribution < -0.4 is 5.32 Å². The van der Waals surface area contributed by atoms with Crippen LogP contribution in [0.3, 0.4) is 0 Å². The Morgan fingerprint density at radius 2 is 2.32 bits per heavy atom. The smallest absolute Gasteiger partial charge is 0.250 e. The molecule has 0 radical (unpaired) electrons. The summed E-state index contributed by atoms with van der Waals surface area (Å²) in [6.45, 7) is 2.13. The zero-order valence-electron chi connectivity index (χ0n) is 10.7. The molecule has 0 unspecified atom stereocenters. The van der Waals surface area contributed by atoms with E-state index in [2.05, 4.69) is 17.2 Å². The molecule has 0 heterocycles. The molecular weight excluding hydrogens is 249 g/mol. The number of halogens is 1. The summed E-state index contributed by atoms with van der Waals surface area (Å²) in [6, 6.07) is 4.14. The number of hydrogen-bond acceptors (Lipinski definition) is 3. The van der Waals surface area contributed by atoms with Crippen molar-refractivity contribution >= 4 is 11.6 Å². The van der Waals surface area contributed by atoms with Crippen LogP contribution in [0.5, 0.6) is 0 Å². The predicted octanol–water partition coefficient (Wildman–Crippen LogP) is 1.53. The number of rotatable bonds is 5. The molecule has 1 amide bonds. The normalized spacial score (nSPS) is 9.63. The average Bonchev–Trinajstić information content (AvgIpc) is 2.40. The Hall–Kier alpha value is -1.90. The van der Waals surface area contributed by atoms with Crippen LogP contribution >= 0.6 is 0 Å². The van der Waals surface area contributed by atoms with Crippen LogP contribution in [-0.4, -0.2) is 30.8 Å². The number of aliphatic hydroxyl groups excluding tert-OH is 1. The Kier molecular flexibility index (Phi) is 6.58. The molecule has 0 aliphatic heterocycles. The van der Waals surface area contributed by atoms with Crippen LogP contribution in [0.1, 0.15) is 18.9 Å². The van der Waals surface area contributed by atoms with E-state index in [1.807, 2.05) is 0 Å². The number of nitrogens with one attached hydrogen (secondary N) is 1. The van der Waals surface area contributed by atoms with E-state index in [0.717, 1.165) is 0 Å². The summed E-state index contributed by atoms with van der Waals surface area (Å²) in [6.07, 6.45) is 0.278. The number of hydrogen-bond donors (Lipinski definition) is 2. The number of amides is 1. The molecule has 1 rings (SSSR count). The Morgan fingerprint density at radius 3 is 3.00 bits per heavy atom. The number of anilines is 1. The second kappa shape index (κ2) is 8.25. The lowest BCUT2D eigenvalue weighted by Crippen LogP contribution is -2.18. The van der Waals surface area contributed by atoms with E-state index in [0.29, 0.717) is 12.3 Å². The lowest BCUT2D eigenvalue weighted by molar-refractivity contribution is -0.120. The second-order valence-corrected chi connectivity index (χ2v) is 3.66. The van der Waals surface area contributed by atoms with Gasteiger partial charge < -0.3 is 15.2 Å². The van der Waals surface area contributed by atoms with Gasteiger partial charge in [-0.3, -0.25) is 4.79 Å². The molecule has 0 aliphatic rings. The summed E-state index contributed by atoms with van der Waals surface area (Å²) in [7, 11) is 0. The Labute approximate surface area is 111 Å². The molecule has 0 aliphatic carbocycles. The first-order valence-corrected chi connectivity index (χ1v) is 5.94. The topological polar surface area (TPSA) is 58.6 Å². The summed E-state index contributed by atoms with van der Waals surface area (Å²) in [5.41, 5.74) is 0.641. The number of carbonyl (C=O) groups excluding carboxylic acids is 1. The van der Waals surface area contributed by atoms with E-state index in [9.17, 15) is 9.18 Å². The molecule has 4 nitrogen and oxygen atoms in total. The largest absolute Gasteiger partial charge is 0.395 e. The van der Waals surface area contributed by atoms with Crippen molar-refractivity contribution in [1.29, 1.82) is 0 Å². The van der Waals surface area contributed by atoms with Gasteiger partial charge in [-0.05, 0) is 25.1 Å². The summed E-state index contributed by atoms with van der Waals surface area (Å²) >= 11 is 0. The molecule has 0 saturated heterocycles. The first kappa shape index (κ1) is 15.2. The maximum absolute atomic E-state index is 13.4. The minimum Gasteiger partial charge on any atom is -0.395 e. The lowest BCUT2D eigenvalue weighted by Gasteiger charge is -2.06. The van der Waals surface area contributed by atoms with Crippen LogP contribution in [0.2, 0.25) is 0 Å². The van der Waals surface area contributed by atoms with E-state index in [1.54, 1.807) is 6.92 Å². The number of aliphatic hydroxyl groups is 1. The monoisotopic (exact) mass is 265 g/mol. The first-order chi connectivity index (χ1) is 9.17. The lowest BCUT2D eigenvalue weighted by atomic mass is 10.2. The fraction of sp³-hybridized carbons (Fsp3) is 0.357. The van der Waals surface area contributed by atoms with Crippen molar-refractivity contribution in [3.05, 3.63) is 29.6 Å². The number of ether oxygens (including phenoxy) is 1. The predicted molar refractivity (Wildman–Crippen MR) is 70.1 cm³/mol. The molecule has 0 spiro atoms. The van der Waals surface area contributed by atoms with Crippen molar-refractivity contribution < 1.29 is 19.0 Å². The number of benzene rings is 1. The van der Waals surface area contributed by atoms with Gasteiger partial charge in [0.25, 0.3) is 0 Å². The van der Waals surface area contributed by atoms with Crippen LogP contribution in [0, 0.1) is 17.7 Å². The van der Waals surface area contributed by atoms with E-state index in [1.165, 1.54) is 18.2 Å². The molecule has 19 heavy (non-hydrogen) atoms. The zero-order valence-corrected chi connectivity index (χ0v) is 10.7. The van der Waals surface area contributed by atoms with Crippen molar-refractivity contribution in [3.8, 4) is 11.8 Å². The van der Waals surface area contributed by atoms with E-state index >= 15 is 0 Å². The molecule has 102 valence electrons. The van der Waals surface area contributed by atoms with Gasteiger partial charge in [0.2, 0.25) is 5.91 Å². The van der Waals surface area contributed by atoms with Crippen LogP contribution in [0.15, 0.2) is 18.2 Å². The molecule has 0 aromatic heterocycles. The minimum atomic E-state index is -0.465. The highest BCUT2D eigenvalue weighted by molar-refractivity contribution is 5.91. The Bertz CT molecular complexity index is 491. The molecule has 0 atom stereocenters. The third-order valence-corrected chi connectivity index (χ3v) is 2.15. The van der Waals surface area contributed by atoms with Gasteiger partial charge in [-0.15, -0.1) is 0 Å². The molecule has 0 fully saturated rings. The van der Waals surface area contributed by atoms with Gasteiger partial charge in [-0.1, -0.05) is 11.8 Å². The molecule has 5 heteroatoms. The Morgan fingerprint density at radius 1 is 1.53 bits per heavy atom. The Balaban J connectivity index is 2.73. The maximum Gasteiger partial charge on any atom is 0.250 e. The molecule has 0 bridgehead atoms. The van der Waals surface area contributed by atoms with Crippen LogP contribution in [-0.2, 0) is 9.53 Å². The first-order valence-electron chi connectivity index (χ1n) is 5.94. The average molecular weight is 265 g/mol. The van der Waals surface area contributed by atoms with E-state index in [4.69, 9.17) is 9.84 Å². The van der Waals surface area contributed by atoms with Crippen molar-refractivity contribution in [2.45, 2.75) is 13.3 Å². The third kappa shape index (κ3) is 5.51. The number of carbonyl (C=O) groups is 1. The fourth-order valence-electron chi connectivity index (χ4n) is 1.30. The summed E-state index contributed by atoms with van der Waals surface area (Å²) in [4.78, 5) is 11.4. The van der Waals surface area contributed by atoms with Crippen LogP contribution in [0.4, 0.5) is 10.1 Å². The third-order valence-electron chi connectivity index (χ3n) is 2.15. The maximum atomic E-state index is 13.4. The highest BCUT2D eigenvalue weighted by atomic mass is 19.1. The van der Waals surface area contributed by atoms with Gasteiger partial charge in [-0.25, -0.2) is 4.39 Å². The summed E-state index contributed by atoms with van der Waals surface area (Å²) in [5.74, 6) is 4.47. The summed E-state index contributed by atoms with van der Waals surface area (Å²) in [5, 5.41) is 11.2. The quantitative estimate of drug-likeness (QED) is 0.794. The fourth-order valence-corrected chi connectivity index (χ4v) is 1.30. The van der Waals surface area contributed by atoms with Gasteiger partial charge >= 0.3 is 0 Å². The van der Waals surface area contributed by atoms with Crippen molar-refractivity contribution in [2.75, 3.05) is 25.1 Å². The highest BCUT2D eigenvalue weighted by Crippen LogP contribution is 2.14. The molecule has 0 saturated carbocycles. The standard InChI is InChI=1S/C14H16FNO3/c1-2-19-10-14(18)16-12-6-7-13(15)11(9-12)5-3-4-8-17/h6-7,9,17H,2,4,8,10H2,1H3,(H,16,18). The van der Waals surface area contributed by atoms with Gasteiger partial charge in [0.05, 0.1) is 12.2 Å². The summed E-state index contributed by atoms with van der Waals surface area (Å²) < 4.78 is 18.4. The molecule has 2 N–H and O–H groups in total. The van der Waals surface area contributed by atoms with E-state index in [-0.39, 0.29) is 31.1 Å². The molecule has 1 aromatic carbocycles. The van der Waals surface area contributed by atoms with E-state index < -0.39 is 5.82 Å².